The van der Waals surface area contributed by atoms with Gasteiger partial charge in [-0.15, -0.1) is 0 Å². The van der Waals surface area contributed by atoms with Gasteiger partial charge in [0.25, 0.3) is 0 Å². The first-order chi connectivity index (χ1) is 6.74. The number of aromatic nitrogens is 3. The average molecular weight is 191 g/mol. The predicted octanol–water partition coefficient (Wildman–Crippen LogP) is 0.824. The van der Waals surface area contributed by atoms with Crippen LogP contribution in [0.3, 0.4) is 0 Å². The van der Waals surface area contributed by atoms with Gasteiger partial charge in [-0.2, -0.15) is 0 Å². The number of imidazole rings is 1. The molecular weight excluding hydrogens is 182 g/mol. The van der Waals surface area contributed by atoms with E-state index in [0.29, 0.717) is 11.2 Å². The van der Waals surface area contributed by atoms with E-state index in [4.69, 9.17) is 0 Å². The van der Waals surface area contributed by atoms with E-state index in [9.17, 15) is 4.79 Å². The standard InChI is InChI=1S/C9H9N3O2/c1-6-3-10-4-7-8(9(13)14-2)11-5-12(6)7/h3-5H,1-2H3. The second kappa shape index (κ2) is 3.10. The Bertz CT molecular complexity index is 490. The quantitative estimate of drug-likeness (QED) is 0.626. The van der Waals surface area contributed by atoms with Crippen LogP contribution in [-0.2, 0) is 4.74 Å². The second-order valence-electron chi connectivity index (χ2n) is 2.89. The lowest BCUT2D eigenvalue weighted by molar-refractivity contribution is 0.0597. The minimum atomic E-state index is -0.445. The zero-order chi connectivity index (χ0) is 10.1. The summed E-state index contributed by atoms with van der Waals surface area (Å²) in [6.07, 6.45) is 4.88. The molecule has 0 aliphatic carbocycles. The summed E-state index contributed by atoms with van der Waals surface area (Å²) in [6.45, 7) is 1.89. The molecule has 0 atom stereocenters. The smallest absolute Gasteiger partial charge is 0.358 e. The summed E-state index contributed by atoms with van der Waals surface area (Å²) in [6, 6.07) is 0. The van der Waals surface area contributed by atoms with Crippen LogP contribution in [0.25, 0.3) is 5.52 Å². The lowest BCUT2D eigenvalue weighted by Gasteiger charge is -1.98. The average Bonchev–Trinajstić information content (AvgIpc) is 2.62. The third kappa shape index (κ3) is 1.14. The Morgan fingerprint density at radius 1 is 1.50 bits per heavy atom. The molecule has 0 N–H and O–H groups in total. The third-order valence-electron chi connectivity index (χ3n) is 2.02. The number of nitrogens with zero attached hydrogens (tertiary/aromatic N) is 3. The molecule has 0 saturated carbocycles. The van der Waals surface area contributed by atoms with Gasteiger partial charge in [-0.3, -0.25) is 9.38 Å². The molecular formula is C9H9N3O2. The van der Waals surface area contributed by atoms with Crippen molar-refractivity contribution in [2.24, 2.45) is 0 Å². The summed E-state index contributed by atoms with van der Waals surface area (Å²) in [5, 5.41) is 0. The van der Waals surface area contributed by atoms with E-state index in [0.717, 1.165) is 5.69 Å². The lowest BCUT2D eigenvalue weighted by atomic mass is 10.3. The van der Waals surface area contributed by atoms with Crippen molar-refractivity contribution in [3.8, 4) is 0 Å². The Morgan fingerprint density at radius 2 is 2.29 bits per heavy atom. The first-order valence-corrected chi connectivity index (χ1v) is 4.10. The molecule has 5 nitrogen and oxygen atoms in total. The van der Waals surface area contributed by atoms with Crippen LogP contribution in [0.2, 0.25) is 0 Å². The maximum Gasteiger partial charge on any atom is 0.358 e. The fraction of sp³-hybridized carbons (Fsp3) is 0.222. The van der Waals surface area contributed by atoms with E-state index in [1.54, 1.807) is 23.1 Å². The van der Waals surface area contributed by atoms with Crippen molar-refractivity contribution < 1.29 is 9.53 Å². The van der Waals surface area contributed by atoms with Crippen molar-refractivity contribution in [2.45, 2.75) is 6.92 Å². The highest BCUT2D eigenvalue weighted by Gasteiger charge is 2.13. The number of hydrogen-bond donors (Lipinski definition) is 0. The molecule has 0 aliphatic rings. The molecule has 72 valence electrons. The van der Waals surface area contributed by atoms with Crippen molar-refractivity contribution in [3.05, 3.63) is 30.1 Å². The lowest BCUT2D eigenvalue weighted by Crippen LogP contribution is -2.02. The molecule has 2 aromatic heterocycles. The molecule has 2 rings (SSSR count). The number of fused-ring (bicyclic) bond motifs is 1. The summed E-state index contributed by atoms with van der Waals surface area (Å²) in [7, 11) is 1.33. The van der Waals surface area contributed by atoms with Gasteiger partial charge in [-0.05, 0) is 6.92 Å². The number of esters is 1. The Morgan fingerprint density at radius 3 is 3.00 bits per heavy atom. The maximum absolute atomic E-state index is 11.3. The van der Waals surface area contributed by atoms with Crippen LogP contribution in [0, 0.1) is 6.92 Å². The summed E-state index contributed by atoms with van der Waals surface area (Å²) >= 11 is 0. The highest BCUT2D eigenvalue weighted by atomic mass is 16.5. The highest BCUT2D eigenvalue weighted by Crippen LogP contribution is 2.10. The molecule has 0 fully saturated rings. The van der Waals surface area contributed by atoms with Crippen molar-refractivity contribution in [3.63, 3.8) is 0 Å². The fourth-order valence-electron chi connectivity index (χ4n) is 1.29. The maximum atomic E-state index is 11.3. The van der Waals surface area contributed by atoms with Gasteiger partial charge >= 0.3 is 5.97 Å². The van der Waals surface area contributed by atoms with Crippen LogP contribution in [0.4, 0.5) is 0 Å². The van der Waals surface area contributed by atoms with E-state index in [1.165, 1.54) is 7.11 Å². The van der Waals surface area contributed by atoms with Gasteiger partial charge in [0.15, 0.2) is 5.69 Å². The second-order valence-corrected chi connectivity index (χ2v) is 2.89. The third-order valence-corrected chi connectivity index (χ3v) is 2.02. The van der Waals surface area contributed by atoms with E-state index in [1.807, 2.05) is 6.92 Å². The Kier molecular flexibility index (Phi) is 1.92. The first kappa shape index (κ1) is 8.68. The molecule has 0 spiro atoms. The summed E-state index contributed by atoms with van der Waals surface area (Å²) in [5.74, 6) is -0.445. The Balaban J connectivity index is 2.70. The van der Waals surface area contributed by atoms with E-state index in [-0.39, 0.29) is 0 Å². The van der Waals surface area contributed by atoms with Gasteiger partial charge in [0.2, 0.25) is 0 Å². The van der Waals surface area contributed by atoms with Crippen LogP contribution in [0.5, 0.6) is 0 Å². The number of methoxy groups -OCH3 is 1. The van der Waals surface area contributed by atoms with Crippen LogP contribution in [0.1, 0.15) is 16.2 Å². The predicted molar refractivity (Wildman–Crippen MR) is 49.1 cm³/mol. The normalized spacial score (nSPS) is 10.4. The van der Waals surface area contributed by atoms with Gasteiger partial charge < -0.3 is 4.74 Å². The molecule has 0 radical (unpaired) electrons. The van der Waals surface area contributed by atoms with Crippen LogP contribution < -0.4 is 0 Å². The Hall–Kier alpha value is -1.91. The van der Waals surface area contributed by atoms with Gasteiger partial charge in [0.1, 0.15) is 6.33 Å². The van der Waals surface area contributed by atoms with Crippen LogP contribution in [0.15, 0.2) is 18.7 Å². The van der Waals surface area contributed by atoms with E-state index >= 15 is 0 Å². The number of hydrogen-bond acceptors (Lipinski definition) is 4. The molecule has 0 aromatic carbocycles. The summed E-state index contributed by atoms with van der Waals surface area (Å²) in [5.41, 5.74) is 1.88. The molecule has 0 aliphatic heterocycles. The van der Waals surface area contributed by atoms with Crippen molar-refractivity contribution in [1.29, 1.82) is 0 Å². The minimum absolute atomic E-state index is 0.295. The van der Waals surface area contributed by atoms with E-state index < -0.39 is 5.97 Å². The molecule has 2 aromatic rings. The summed E-state index contributed by atoms with van der Waals surface area (Å²) < 4.78 is 6.39. The molecule has 5 heteroatoms. The number of carbonyl (C=O) groups is 1. The number of aryl methyl sites for hydroxylation is 1. The van der Waals surface area contributed by atoms with Crippen molar-refractivity contribution in [2.75, 3.05) is 7.11 Å². The minimum Gasteiger partial charge on any atom is -0.464 e. The first-order valence-electron chi connectivity index (χ1n) is 4.10. The topological polar surface area (TPSA) is 56.5 Å². The molecule has 0 amide bonds. The summed E-state index contributed by atoms with van der Waals surface area (Å²) in [4.78, 5) is 19.2. The highest BCUT2D eigenvalue weighted by molar-refractivity contribution is 5.94. The van der Waals surface area contributed by atoms with Gasteiger partial charge in [-0.25, -0.2) is 9.78 Å². The molecule has 2 heterocycles. The fourth-order valence-corrected chi connectivity index (χ4v) is 1.29. The van der Waals surface area contributed by atoms with Gasteiger partial charge in [0, 0.05) is 11.9 Å². The van der Waals surface area contributed by atoms with Crippen LogP contribution in [-0.4, -0.2) is 27.4 Å². The van der Waals surface area contributed by atoms with Crippen molar-refractivity contribution in [1.82, 2.24) is 14.4 Å². The van der Waals surface area contributed by atoms with E-state index in [2.05, 4.69) is 14.7 Å². The van der Waals surface area contributed by atoms with Crippen molar-refractivity contribution >= 4 is 11.5 Å². The van der Waals surface area contributed by atoms with Gasteiger partial charge in [0.05, 0.1) is 18.8 Å². The molecule has 0 saturated heterocycles. The number of ether oxygens (including phenoxy) is 1. The van der Waals surface area contributed by atoms with Gasteiger partial charge in [-0.1, -0.05) is 0 Å². The molecule has 0 bridgehead atoms. The molecule has 0 unspecified atom stereocenters. The monoisotopic (exact) mass is 191 g/mol. The Labute approximate surface area is 80.4 Å². The van der Waals surface area contributed by atoms with Crippen LogP contribution >= 0.6 is 0 Å². The number of carbonyl (C=O) groups excluding carboxylic acids is 1. The largest absolute Gasteiger partial charge is 0.464 e. The molecule has 14 heavy (non-hydrogen) atoms. The SMILES string of the molecule is COC(=O)c1ncn2c(C)cncc12. The zero-order valence-corrected chi connectivity index (χ0v) is 7.89. The number of rotatable bonds is 1. The zero-order valence-electron chi connectivity index (χ0n) is 7.89.